The number of nitrogen functional groups attached to an aromatic ring is 1. The Morgan fingerprint density at radius 2 is 2.06 bits per heavy atom. The maximum absolute atomic E-state index is 12.9. The molecule has 0 fully saturated rings. The minimum atomic E-state index is -0.373. The summed E-state index contributed by atoms with van der Waals surface area (Å²) >= 11 is 5.93. The molecule has 0 aliphatic rings. The minimum Gasteiger partial charge on any atom is -0.324 e. The van der Waals surface area contributed by atoms with E-state index in [1.807, 2.05) is 0 Å². The summed E-state index contributed by atoms with van der Waals surface area (Å²) in [5.74, 6) is 4.91. The van der Waals surface area contributed by atoms with Crippen molar-refractivity contribution in [1.29, 1.82) is 0 Å². The van der Waals surface area contributed by atoms with E-state index < -0.39 is 0 Å². The number of aromatic nitrogens is 1. The number of benzene rings is 1. The molecule has 0 aliphatic carbocycles. The third-order valence-electron chi connectivity index (χ3n) is 2.13. The topological polar surface area (TPSA) is 50.9 Å². The van der Waals surface area contributed by atoms with Gasteiger partial charge in [-0.3, -0.25) is 10.8 Å². The molecule has 1 heterocycles. The van der Waals surface area contributed by atoms with E-state index in [-0.39, 0.29) is 5.82 Å². The van der Waals surface area contributed by atoms with E-state index in [0.29, 0.717) is 22.0 Å². The average molecular weight is 238 g/mol. The van der Waals surface area contributed by atoms with Gasteiger partial charge in [0.15, 0.2) is 0 Å². The molecular formula is C11H9ClFN3. The Morgan fingerprint density at radius 3 is 2.75 bits per heavy atom. The number of rotatable bonds is 2. The van der Waals surface area contributed by atoms with Crippen LogP contribution in [-0.4, -0.2) is 4.98 Å². The predicted molar refractivity (Wildman–Crippen MR) is 62.5 cm³/mol. The third-order valence-corrected chi connectivity index (χ3v) is 2.45. The molecule has 16 heavy (non-hydrogen) atoms. The standard InChI is InChI=1S/C11H9ClFN3/c12-10-5-7(13)1-2-9(10)11-6-8(16-14)3-4-15-11/h1-6H,14H2,(H,15,16). The molecule has 0 aliphatic heterocycles. The van der Waals surface area contributed by atoms with Crippen molar-refractivity contribution >= 4 is 17.3 Å². The summed E-state index contributed by atoms with van der Waals surface area (Å²) < 4.78 is 12.9. The van der Waals surface area contributed by atoms with Crippen molar-refractivity contribution in [2.75, 3.05) is 5.43 Å². The molecule has 0 radical (unpaired) electrons. The Kier molecular flexibility index (Phi) is 3.03. The molecule has 2 rings (SSSR count). The van der Waals surface area contributed by atoms with Crippen molar-refractivity contribution in [1.82, 2.24) is 4.98 Å². The second-order valence-corrected chi connectivity index (χ2v) is 3.61. The SMILES string of the molecule is NNc1ccnc(-c2ccc(F)cc2Cl)c1. The van der Waals surface area contributed by atoms with Crippen molar-refractivity contribution in [3.05, 3.63) is 47.4 Å². The number of nitrogens with two attached hydrogens (primary N) is 1. The van der Waals surface area contributed by atoms with Gasteiger partial charge in [0.2, 0.25) is 0 Å². The molecule has 3 nitrogen and oxygen atoms in total. The second-order valence-electron chi connectivity index (χ2n) is 3.20. The van der Waals surface area contributed by atoms with Gasteiger partial charge < -0.3 is 5.43 Å². The fourth-order valence-corrected chi connectivity index (χ4v) is 1.63. The Balaban J connectivity index is 2.49. The number of anilines is 1. The molecule has 0 saturated carbocycles. The van der Waals surface area contributed by atoms with E-state index in [1.54, 1.807) is 24.4 Å². The molecule has 0 amide bonds. The largest absolute Gasteiger partial charge is 0.324 e. The van der Waals surface area contributed by atoms with E-state index in [0.717, 1.165) is 0 Å². The van der Waals surface area contributed by atoms with Crippen molar-refractivity contribution in [2.24, 2.45) is 5.84 Å². The highest BCUT2D eigenvalue weighted by molar-refractivity contribution is 6.33. The van der Waals surface area contributed by atoms with Crippen LogP contribution in [0.15, 0.2) is 36.5 Å². The lowest BCUT2D eigenvalue weighted by molar-refractivity contribution is 0.628. The highest BCUT2D eigenvalue weighted by atomic mass is 35.5. The Labute approximate surface area is 97.0 Å². The zero-order valence-corrected chi connectivity index (χ0v) is 9.00. The number of halogens is 2. The van der Waals surface area contributed by atoms with Crippen molar-refractivity contribution in [2.45, 2.75) is 0 Å². The quantitative estimate of drug-likeness (QED) is 0.624. The molecular weight excluding hydrogens is 229 g/mol. The van der Waals surface area contributed by atoms with E-state index >= 15 is 0 Å². The molecule has 3 N–H and O–H groups in total. The Bertz CT molecular complexity index is 516. The fourth-order valence-electron chi connectivity index (χ4n) is 1.36. The van der Waals surface area contributed by atoms with E-state index in [9.17, 15) is 4.39 Å². The van der Waals surface area contributed by atoms with Crippen LogP contribution in [-0.2, 0) is 0 Å². The fraction of sp³-hybridized carbons (Fsp3) is 0. The molecule has 5 heteroatoms. The van der Waals surface area contributed by atoms with Gasteiger partial charge in [-0.1, -0.05) is 11.6 Å². The maximum Gasteiger partial charge on any atom is 0.124 e. The average Bonchev–Trinajstić information content (AvgIpc) is 2.29. The number of hydrogen-bond acceptors (Lipinski definition) is 3. The molecule has 0 bridgehead atoms. The predicted octanol–water partition coefficient (Wildman–Crippen LogP) is 2.83. The number of hydrogen-bond donors (Lipinski definition) is 2. The Morgan fingerprint density at radius 1 is 1.25 bits per heavy atom. The smallest absolute Gasteiger partial charge is 0.124 e. The van der Waals surface area contributed by atoms with Gasteiger partial charge in [0.05, 0.1) is 16.4 Å². The number of hydrazine groups is 1. The van der Waals surface area contributed by atoms with Gasteiger partial charge in [0.1, 0.15) is 5.82 Å². The summed E-state index contributed by atoms with van der Waals surface area (Å²) in [5.41, 5.74) is 4.53. The maximum atomic E-state index is 12.9. The molecule has 0 saturated heterocycles. The number of pyridine rings is 1. The second kappa shape index (κ2) is 4.47. The van der Waals surface area contributed by atoms with E-state index in [4.69, 9.17) is 17.4 Å². The normalized spacial score (nSPS) is 10.2. The summed E-state index contributed by atoms with van der Waals surface area (Å²) in [6.45, 7) is 0. The lowest BCUT2D eigenvalue weighted by Crippen LogP contribution is -2.06. The molecule has 0 spiro atoms. The van der Waals surface area contributed by atoms with Gasteiger partial charge in [-0.05, 0) is 30.3 Å². The van der Waals surface area contributed by atoms with Gasteiger partial charge >= 0.3 is 0 Å². The molecule has 2 aromatic rings. The summed E-state index contributed by atoms with van der Waals surface area (Å²) in [6, 6.07) is 7.63. The first-order chi connectivity index (χ1) is 7.70. The molecule has 82 valence electrons. The van der Waals surface area contributed by atoms with Crippen LogP contribution in [0.2, 0.25) is 5.02 Å². The summed E-state index contributed by atoms with van der Waals surface area (Å²) in [6.07, 6.45) is 1.60. The van der Waals surface area contributed by atoms with Crippen LogP contribution in [0.5, 0.6) is 0 Å². The van der Waals surface area contributed by atoms with Crippen molar-refractivity contribution < 1.29 is 4.39 Å². The molecule has 1 aromatic heterocycles. The van der Waals surface area contributed by atoms with Crippen molar-refractivity contribution in [3.63, 3.8) is 0 Å². The van der Waals surface area contributed by atoms with Gasteiger partial charge in [0.25, 0.3) is 0 Å². The van der Waals surface area contributed by atoms with Gasteiger partial charge in [-0.25, -0.2) is 4.39 Å². The van der Waals surface area contributed by atoms with Gasteiger partial charge in [-0.2, -0.15) is 0 Å². The Hall–Kier alpha value is -1.65. The summed E-state index contributed by atoms with van der Waals surface area (Å²) in [4.78, 5) is 4.15. The van der Waals surface area contributed by atoms with Crippen LogP contribution in [0.25, 0.3) is 11.3 Å². The summed E-state index contributed by atoms with van der Waals surface area (Å²) in [5, 5.41) is 0.321. The molecule has 1 aromatic carbocycles. The lowest BCUT2D eigenvalue weighted by Gasteiger charge is -2.05. The van der Waals surface area contributed by atoms with Gasteiger partial charge in [0, 0.05) is 11.8 Å². The van der Waals surface area contributed by atoms with Gasteiger partial charge in [-0.15, -0.1) is 0 Å². The molecule has 0 unspecified atom stereocenters. The van der Waals surface area contributed by atoms with Crippen molar-refractivity contribution in [3.8, 4) is 11.3 Å². The van der Waals surface area contributed by atoms with E-state index in [2.05, 4.69) is 10.4 Å². The zero-order chi connectivity index (χ0) is 11.5. The van der Waals surface area contributed by atoms with Crippen LogP contribution in [0, 0.1) is 5.82 Å². The van der Waals surface area contributed by atoms with Crippen LogP contribution in [0.1, 0.15) is 0 Å². The van der Waals surface area contributed by atoms with Crippen LogP contribution in [0.4, 0.5) is 10.1 Å². The first-order valence-corrected chi connectivity index (χ1v) is 4.96. The number of nitrogens with one attached hydrogen (secondary N) is 1. The third kappa shape index (κ3) is 2.13. The first-order valence-electron chi connectivity index (χ1n) is 4.59. The highest BCUT2D eigenvalue weighted by Gasteiger charge is 2.06. The lowest BCUT2D eigenvalue weighted by atomic mass is 10.1. The highest BCUT2D eigenvalue weighted by Crippen LogP contribution is 2.28. The number of nitrogens with zero attached hydrogens (tertiary/aromatic N) is 1. The van der Waals surface area contributed by atoms with Crippen LogP contribution in [0.3, 0.4) is 0 Å². The monoisotopic (exact) mass is 237 g/mol. The first kappa shape index (κ1) is 10.9. The summed E-state index contributed by atoms with van der Waals surface area (Å²) in [7, 11) is 0. The van der Waals surface area contributed by atoms with Crippen LogP contribution >= 0.6 is 11.6 Å². The van der Waals surface area contributed by atoms with E-state index in [1.165, 1.54) is 12.1 Å². The zero-order valence-electron chi connectivity index (χ0n) is 8.24. The minimum absolute atomic E-state index is 0.321. The molecule has 0 atom stereocenters. The van der Waals surface area contributed by atoms with Crippen LogP contribution < -0.4 is 11.3 Å².